The number of benzene rings is 3. The molecular formula is C22H18FNO4. The first-order valence-corrected chi connectivity index (χ1v) is 8.60. The summed E-state index contributed by atoms with van der Waals surface area (Å²) in [6, 6.07) is 21.9. The van der Waals surface area contributed by atoms with Gasteiger partial charge >= 0.3 is 5.97 Å². The van der Waals surface area contributed by atoms with E-state index in [0.717, 1.165) is 5.56 Å². The highest BCUT2D eigenvalue weighted by Crippen LogP contribution is 2.16. The van der Waals surface area contributed by atoms with Crippen LogP contribution in [0.3, 0.4) is 0 Å². The predicted octanol–water partition coefficient (Wildman–Crippen LogP) is 4.20. The standard InChI is InChI=1S/C22H18FNO4/c23-19-11-4-5-12-20(19)24-21(25)15-28-22(26)17-9-6-10-18(13-17)27-14-16-7-2-1-3-8-16/h1-13H,14-15H2,(H,24,25). The molecule has 0 saturated carbocycles. The van der Waals surface area contributed by atoms with Gasteiger partial charge in [0.05, 0.1) is 11.3 Å². The predicted molar refractivity (Wildman–Crippen MR) is 103 cm³/mol. The van der Waals surface area contributed by atoms with Crippen LogP contribution < -0.4 is 10.1 Å². The minimum atomic E-state index is -0.672. The normalized spacial score (nSPS) is 10.2. The zero-order valence-corrected chi connectivity index (χ0v) is 14.9. The summed E-state index contributed by atoms with van der Waals surface area (Å²) in [6.45, 7) is -0.160. The fourth-order valence-corrected chi connectivity index (χ4v) is 2.42. The van der Waals surface area contributed by atoms with Gasteiger partial charge in [-0.3, -0.25) is 4.79 Å². The summed E-state index contributed by atoms with van der Waals surface area (Å²) < 4.78 is 24.2. The van der Waals surface area contributed by atoms with Crippen LogP contribution in [0, 0.1) is 5.82 Å². The van der Waals surface area contributed by atoms with E-state index in [1.165, 1.54) is 18.2 Å². The van der Waals surface area contributed by atoms with Crippen molar-refractivity contribution in [1.82, 2.24) is 0 Å². The lowest BCUT2D eigenvalue weighted by Crippen LogP contribution is -2.21. The average molecular weight is 379 g/mol. The largest absolute Gasteiger partial charge is 0.489 e. The van der Waals surface area contributed by atoms with Crippen LogP contribution in [-0.4, -0.2) is 18.5 Å². The summed E-state index contributed by atoms with van der Waals surface area (Å²) in [7, 11) is 0. The van der Waals surface area contributed by atoms with Gasteiger partial charge in [-0.2, -0.15) is 0 Å². The lowest BCUT2D eigenvalue weighted by atomic mass is 10.2. The van der Waals surface area contributed by atoms with E-state index in [-0.39, 0.29) is 11.3 Å². The van der Waals surface area contributed by atoms with Crippen molar-refractivity contribution in [3.63, 3.8) is 0 Å². The van der Waals surface area contributed by atoms with Gasteiger partial charge in [-0.15, -0.1) is 0 Å². The molecule has 0 bridgehead atoms. The highest BCUT2D eigenvalue weighted by Gasteiger charge is 2.12. The minimum absolute atomic E-state index is 0.0276. The molecule has 0 atom stereocenters. The maximum absolute atomic E-state index is 13.5. The second-order valence-corrected chi connectivity index (χ2v) is 5.91. The molecule has 28 heavy (non-hydrogen) atoms. The molecule has 3 rings (SSSR count). The Morgan fingerprint density at radius 3 is 2.43 bits per heavy atom. The maximum Gasteiger partial charge on any atom is 0.338 e. The summed E-state index contributed by atoms with van der Waals surface area (Å²) in [6.07, 6.45) is 0. The Hall–Kier alpha value is -3.67. The summed E-state index contributed by atoms with van der Waals surface area (Å²) in [4.78, 5) is 24.0. The van der Waals surface area contributed by atoms with Gasteiger partial charge in [-0.25, -0.2) is 9.18 Å². The number of carbonyl (C=O) groups excluding carboxylic acids is 2. The molecule has 6 heteroatoms. The Balaban J connectivity index is 1.52. The van der Waals surface area contributed by atoms with E-state index >= 15 is 0 Å². The van der Waals surface area contributed by atoms with Crippen LogP contribution in [0.25, 0.3) is 0 Å². The number of carbonyl (C=O) groups is 2. The van der Waals surface area contributed by atoms with Crippen LogP contribution in [0.2, 0.25) is 0 Å². The van der Waals surface area contributed by atoms with Crippen molar-refractivity contribution in [3.05, 3.63) is 95.8 Å². The number of anilines is 1. The number of halogens is 1. The number of rotatable bonds is 7. The molecule has 0 fully saturated rings. The molecule has 0 aromatic heterocycles. The number of esters is 1. The minimum Gasteiger partial charge on any atom is -0.489 e. The molecule has 0 unspecified atom stereocenters. The van der Waals surface area contributed by atoms with Crippen molar-refractivity contribution < 1.29 is 23.5 Å². The SMILES string of the molecule is O=C(COC(=O)c1cccc(OCc2ccccc2)c1)Nc1ccccc1F. The molecule has 1 amide bonds. The average Bonchev–Trinajstić information content (AvgIpc) is 2.73. The zero-order chi connectivity index (χ0) is 19.8. The summed E-state index contributed by atoms with van der Waals surface area (Å²) in [5, 5.41) is 2.35. The van der Waals surface area contributed by atoms with Crippen molar-refractivity contribution in [2.24, 2.45) is 0 Å². The molecule has 5 nitrogen and oxygen atoms in total. The quantitative estimate of drug-likeness (QED) is 0.625. The van der Waals surface area contributed by atoms with Crippen LogP contribution in [0.15, 0.2) is 78.9 Å². The number of para-hydroxylation sites is 1. The summed E-state index contributed by atoms with van der Waals surface area (Å²) in [5.74, 6) is -1.36. The van der Waals surface area contributed by atoms with Gasteiger partial charge in [0.2, 0.25) is 0 Å². The first-order chi connectivity index (χ1) is 13.6. The van der Waals surface area contributed by atoms with E-state index in [0.29, 0.717) is 12.4 Å². The summed E-state index contributed by atoms with van der Waals surface area (Å²) >= 11 is 0. The smallest absolute Gasteiger partial charge is 0.338 e. The lowest BCUT2D eigenvalue weighted by molar-refractivity contribution is -0.119. The molecule has 1 N–H and O–H groups in total. The molecule has 0 aliphatic heterocycles. The number of hydrogen-bond acceptors (Lipinski definition) is 4. The van der Waals surface area contributed by atoms with Gasteiger partial charge in [-0.05, 0) is 35.9 Å². The number of hydrogen-bond donors (Lipinski definition) is 1. The van der Waals surface area contributed by atoms with E-state index in [9.17, 15) is 14.0 Å². The third-order valence-electron chi connectivity index (χ3n) is 3.80. The van der Waals surface area contributed by atoms with E-state index < -0.39 is 24.3 Å². The Kier molecular flexibility index (Phi) is 6.36. The third-order valence-corrected chi connectivity index (χ3v) is 3.80. The molecule has 0 aliphatic carbocycles. The fourth-order valence-electron chi connectivity index (χ4n) is 2.42. The van der Waals surface area contributed by atoms with E-state index in [2.05, 4.69) is 5.32 Å². The van der Waals surface area contributed by atoms with Crippen LogP contribution in [0.5, 0.6) is 5.75 Å². The zero-order valence-electron chi connectivity index (χ0n) is 14.9. The topological polar surface area (TPSA) is 64.6 Å². The number of ether oxygens (including phenoxy) is 2. The monoisotopic (exact) mass is 379 g/mol. The summed E-state index contributed by atoms with van der Waals surface area (Å²) in [5.41, 5.74) is 1.28. The van der Waals surface area contributed by atoms with Gasteiger partial charge in [0.1, 0.15) is 18.2 Å². The van der Waals surface area contributed by atoms with Gasteiger partial charge in [0.25, 0.3) is 5.91 Å². The Labute approximate surface area is 161 Å². The Morgan fingerprint density at radius 1 is 0.893 bits per heavy atom. The second-order valence-electron chi connectivity index (χ2n) is 5.91. The van der Waals surface area contributed by atoms with E-state index in [1.807, 2.05) is 30.3 Å². The van der Waals surface area contributed by atoms with Crippen LogP contribution in [-0.2, 0) is 16.1 Å². The van der Waals surface area contributed by atoms with Gasteiger partial charge in [0.15, 0.2) is 6.61 Å². The molecule has 0 saturated heterocycles. The third kappa shape index (κ3) is 5.41. The van der Waals surface area contributed by atoms with Gasteiger partial charge < -0.3 is 14.8 Å². The highest BCUT2D eigenvalue weighted by molar-refractivity contribution is 5.95. The molecule has 3 aromatic carbocycles. The van der Waals surface area contributed by atoms with Crippen molar-refractivity contribution in [1.29, 1.82) is 0 Å². The van der Waals surface area contributed by atoms with Crippen molar-refractivity contribution >= 4 is 17.6 Å². The first-order valence-electron chi connectivity index (χ1n) is 8.60. The Morgan fingerprint density at radius 2 is 1.64 bits per heavy atom. The van der Waals surface area contributed by atoms with E-state index in [4.69, 9.17) is 9.47 Å². The molecule has 0 radical (unpaired) electrons. The van der Waals surface area contributed by atoms with Crippen molar-refractivity contribution in [3.8, 4) is 5.75 Å². The second kappa shape index (κ2) is 9.32. The van der Waals surface area contributed by atoms with Crippen LogP contribution in [0.1, 0.15) is 15.9 Å². The van der Waals surface area contributed by atoms with E-state index in [1.54, 1.807) is 30.3 Å². The maximum atomic E-state index is 13.5. The molecule has 3 aromatic rings. The highest BCUT2D eigenvalue weighted by atomic mass is 19.1. The number of nitrogens with one attached hydrogen (secondary N) is 1. The van der Waals surface area contributed by atoms with Gasteiger partial charge in [-0.1, -0.05) is 48.5 Å². The lowest BCUT2D eigenvalue weighted by Gasteiger charge is -2.09. The molecule has 0 spiro atoms. The van der Waals surface area contributed by atoms with Gasteiger partial charge in [0, 0.05) is 0 Å². The first kappa shape index (κ1) is 19.1. The molecule has 142 valence electrons. The molecule has 0 aliphatic rings. The molecule has 0 heterocycles. The van der Waals surface area contributed by atoms with Crippen molar-refractivity contribution in [2.75, 3.05) is 11.9 Å². The van der Waals surface area contributed by atoms with Crippen molar-refractivity contribution in [2.45, 2.75) is 6.61 Å². The Bertz CT molecular complexity index is 960. The van der Waals surface area contributed by atoms with Crippen LogP contribution >= 0.6 is 0 Å². The molecular weight excluding hydrogens is 361 g/mol. The number of amides is 1. The van der Waals surface area contributed by atoms with Crippen LogP contribution in [0.4, 0.5) is 10.1 Å². The fraction of sp³-hybridized carbons (Fsp3) is 0.0909.